The van der Waals surface area contributed by atoms with Crippen LogP contribution in [0.3, 0.4) is 0 Å². The monoisotopic (exact) mass is 572 g/mol. The molecule has 0 spiro atoms. The second-order valence-corrected chi connectivity index (χ2v) is 10.8. The van der Waals surface area contributed by atoms with Crippen LogP contribution in [0.1, 0.15) is 128 Å². The predicted molar refractivity (Wildman–Crippen MR) is 155 cm³/mol. The van der Waals surface area contributed by atoms with Gasteiger partial charge in [-0.25, -0.2) is 9.59 Å². The van der Waals surface area contributed by atoms with Crippen molar-refractivity contribution < 1.29 is 33.5 Å². The third-order valence-corrected chi connectivity index (χ3v) is 7.19. The summed E-state index contributed by atoms with van der Waals surface area (Å²) < 4.78 is 5.39. The second kappa shape index (κ2) is 20.6. The van der Waals surface area contributed by atoms with E-state index in [1.165, 1.54) is 57.8 Å². The number of hydroxylamine groups is 2. The molecule has 1 heterocycles. The molecule has 3 amide bonds. The summed E-state index contributed by atoms with van der Waals surface area (Å²) in [5, 5.41) is 3.16. The van der Waals surface area contributed by atoms with E-state index in [0.29, 0.717) is 5.06 Å². The van der Waals surface area contributed by atoms with Crippen molar-refractivity contribution in [3.63, 3.8) is 0 Å². The maximum absolute atomic E-state index is 12.8. The van der Waals surface area contributed by atoms with E-state index in [1.54, 1.807) is 0 Å². The van der Waals surface area contributed by atoms with Gasteiger partial charge in [-0.1, -0.05) is 114 Å². The van der Waals surface area contributed by atoms with Crippen LogP contribution in [0.2, 0.25) is 0 Å². The summed E-state index contributed by atoms with van der Waals surface area (Å²) in [6.07, 6.45) is 15.6. The Hall–Kier alpha value is -3.23. The highest BCUT2D eigenvalue weighted by Gasteiger charge is 2.33. The minimum absolute atomic E-state index is 0.00417. The zero-order valence-corrected chi connectivity index (χ0v) is 24.7. The summed E-state index contributed by atoms with van der Waals surface area (Å²) in [6.45, 7) is 2.27. The van der Waals surface area contributed by atoms with Crippen molar-refractivity contribution in [1.29, 1.82) is 0 Å². The van der Waals surface area contributed by atoms with Gasteiger partial charge in [0.25, 0.3) is 11.8 Å². The smallest absolute Gasteiger partial charge is 0.333 e. The van der Waals surface area contributed by atoms with Crippen molar-refractivity contribution in [3.05, 3.63) is 35.9 Å². The molecule has 1 fully saturated rings. The molecule has 1 aromatic rings. The number of unbranched alkanes of at least 4 members (excludes halogenated alkanes) is 12. The van der Waals surface area contributed by atoms with Gasteiger partial charge in [0, 0.05) is 19.3 Å². The minimum atomic E-state index is -1.05. The van der Waals surface area contributed by atoms with Gasteiger partial charge in [-0.05, 0) is 18.4 Å². The number of rotatable bonds is 22. The van der Waals surface area contributed by atoms with Crippen molar-refractivity contribution >= 4 is 29.7 Å². The molecule has 1 saturated heterocycles. The van der Waals surface area contributed by atoms with E-state index in [9.17, 15) is 24.0 Å². The number of ether oxygens (including phenoxy) is 1. The first-order valence-corrected chi connectivity index (χ1v) is 15.5. The Morgan fingerprint density at radius 2 is 1.32 bits per heavy atom. The Bertz CT molecular complexity index is 935. The molecular formula is C32H48N2O7. The lowest BCUT2D eigenvalue weighted by atomic mass is 10.0. The Morgan fingerprint density at radius 3 is 1.88 bits per heavy atom. The molecule has 0 radical (unpaired) electrons. The fourth-order valence-electron chi connectivity index (χ4n) is 4.72. The number of nitrogens with one attached hydrogen (secondary N) is 1. The zero-order chi connectivity index (χ0) is 29.7. The molecule has 41 heavy (non-hydrogen) atoms. The molecule has 1 aromatic carbocycles. The number of amides is 3. The molecule has 0 unspecified atom stereocenters. The molecule has 2 rings (SSSR count). The summed E-state index contributed by atoms with van der Waals surface area (Å²) in [5.74, 6) is -2.93. The number of imide groups is 1. The van der Waals surface area contributed by atoms with Crippen LogP contribution in [0.5, 0.6) is 0 Å². The molecule has 1 N–H and O–H groups in total. The molecule has 1 aliphatic heterocycles. The lowest BCUT2D eigenvalue weighted by Gasteiger charge is -2.18. The van der Waals surface area contributed by atoms with Crippen molar-refractivity contribution in [2.24, 2.45) is 0 Å². The Kier molecular flexibility index (Phi) is 17.1. The molecule has 0 saturated carbocycles. The highest BCUT2D eigenvalue weighted by Crippen LogP contribution is 2.15. The number of benzene rings is 1. The fourth-order valence-corrected chi connectivity index (χ4v) is 4.72. The normalized spacial score (nSPS) is 13.7. The molecule has 9 heteroatoms. The van der Waals surface area contributed by atoms with Gasteiger partial charge in [0.2, 0.25) is 5.91 Å². The fraction of sp³-hybridized carbons (Fsp3) is 0.656. The lowest BCUT2D eigenvalue weighted by Crippen LogP contribution is -2.42. The highest BCUT2D eigenvalue weighted by atomic mass is 16.7. The summed E-state index contributed by atoms with van der Waals surface area (Å²) >= 11 is 0. The summed E-state index contributed by atoms with van der Waals surface area (Å²) in [6, 6.07) is 8.09. The SMILES string of the molecule is CCCCCCCCCCCCCCCC(=O)N[C@@H](CCC(=O)ON1C(=O)CCC1=O)C(=O)OCc1ccccc1. The molecule has 9 nitrogen and oxygen atoms in total. The van der Waals surface area contributed by atoms with E-state index in [1.807, 2.05) is 30.3 Å². The first-order chi connectivity index (χ1) is 19.9. The van der Waals surface area contributed by atoms with E-state index >= 15 is 0 Å². The van der Waals surface area contributed by atoms with Crippen molar-refractivity contribution in [2.45, 2.75) is 135 Å². The quantitative estimate of drug-likeness (QED) is 0.102. The molecule has 0 aromatic heterocycles. The molecule has 228 valence electrons. The van der Waals surface area contributed by atoms with Crippen LogP contribution in [0.15, 0.2) is 30.3 Å². The summed E-state index contributed by atoms with van der Waals surface area (Å²) in [4.78, 5) is 65.9. The van der Waals surface area contributed by atoms with Gasteiger partial charge in [-0.15, -0.1) is 5.06 Å². The van der Waals surface area contributed by atoms with E-state index < -0.39 is 29.8 Å². The van der Waals surface area contributed by atoms with Crippen LogP contribution in [0.25, 0.3) is 0 Å². The van der Waals surface area contributed by atoms with E-state index in [4.69, 9.17) is 9.57 Å². The van der Waals surface area contributed by atoms with Gasteiger partial charge in [-0.3, -0.25) is 14.4 Å². The van der Waals surface area contributed by atoms with Crippen LogP contribution in [0.4, 0.5) is 0 Å². The number of hydrogen-bond donors (Lipinski definition) is 1. The zero-order valence-electron chi connectivity index (χ0n) is 24.7. The maximum atomic E-state index is 12.8. The van der Waals surface area contributed by atoms with Crippen LogP contribution in [-0.4, -0.2) is 40.8 Å². The average Bonchev–Trinajstić information content (AvgIpc) is 3.29. The topological polar surface area (TPSA) is 119 Å². The largest absolute Gasteiger partial charge is 0.459 e. The number of carbonyl (C=O) groups excluding carboxylic acids is 5. The average molecular weight is 573 g/mol. The molecular weight excluding hydrogens is 524 g/mol. The molecule has 0 aliphatic carbocycles. The highest BCUT2D eigenvalue weighted by molar-refractivity contribution is 6.01. The van der Waals surface area contributed by atoms with Crippen molar-refractivity contribution in [3.8, 4) is 0 Å². The van der Waals surface area contributed by atoms with Crippen LogP contribution in [0, 0.1) is 0 Å². The van der Waals surface area contributed by atoms with Gasteiger partial charge >= 0.3 is 11.9 Å². The predicted octanol–water partition coefficient (Wildman–Crippen LogP) is 6.08. The number of carbonyl (C=O) groups is 5. The van der Waals surface area contributed by atoms with E-state index in [-0.39, 0.29) is 44.6 Å². The number of nitrogens with zero attached hydrogens (tertiary/aromatic N) is 1. The summed E-state index contributed by atoms with van der Waals surface area (Å²) in [7, 11) is 0. The molecule has 0 bridgehead atoms. The van der Waals surface area contributed by atoms with Gasteiger partial charge in [0.05, 0.1) is 6.42 Å². The Morgan fingerprint density at radius 1 is 0.780 bits per heavy atom. The number of hydrogen-bond acceptors (Lipinski definition) is 7. The van der Waals surface area contributed by atoms with Crippen LogP contribution >= 0.6 is 0 Å². The van der Waals surface area contributed by atoms with Crippen LogP contribution < -0.4 is 5.32 Å². The third kappa shape index (κ3) is 14.8. The maximum Gasteiger partial charge on any atom is 0.333 e. The Balaban J connectivity index is 1.69. The van der Waals surface area contributed by atoms with Gasteiger partial charge < -0.3 is 14.9 Å². The van der Waals surface area contributed by atoms with Gasteiger partial charge in [-0.2, -0.15) is 0 Å². The second-order valence-electron chi connectivity index (χ2n) is 10.8. The first kappa shape index (κ1) is 34.0. The minimum Gasteiger partial charge on any atom is -0.459 e. The van der Waals surface area contributed by atoms with E-state index in [2.05, 4.69) is 12.2 Å². The van der Waals surface area contributed by atoms with Gasteiger partial charge in [0.1, 0.15) is 12.6 Å². The molecule has 1 aliphatic rings. The van der Waals surface area contributed by atoms with Crippen molar-refractivity contribution in [2.75, 3.05) is 0 Å². The Labute approximate surface area is 244 Å². The van der Waals surface area contributed by atoms with Crippen molar-refractivity contribution in [1.82, 2.24) is 10.4 Å². The van der Waals surface area contributed by atoms with Gasteiger partial charge in [0.15, 0.2) is 0 Å². The lowest BCUT2D eigenvalue weighted by molar-refractivity contribution is -0.197. The number of esters is 1. The standard InChI is InChI=1S/C32H48N2O7/c1-2-3-4-5-6-7-8-9-10-11-12-13-17-20-28(35)33-27(32(39)40-25-26-18-15-14-16-19-26)21-24-31(38)41-34-29(36)22-23-30(34)37/h14-16,18-19,27H,2-13,17,20-25H2,1H3,(H,33,35)/t27-/m0/s1. The molecule has 1 atom stereocenters. The summed E-state index contributed by atoms with van der Waals surface area (Å²) in [5.41, 5.74) is 0.795. The first-order valence-electron chi connectivity index (χ1n) is 15.5. The third-order valence-electron chi connectivity index (χ3n) is 7.19. The van der Waals surface area contributed by atoms with E-state index in [0.717, 1.165) is 31.2 Å². The van der Waals surface area contributed by atoms with Crippen LogP contribution in [-0.2, 0) is 40.2 Å².